The molecule has 2 aliphatic rings. The average Bonchev–Trinajstić information content (AvgIpc) is 2.21. The minimum atomic E-state index is 0.869. The zero-order chi connectivity index (χ0) is 7.14. The van der Waals surface area contributed by atoms with Crippen LogP contribution in [0.15, 0.2) is 11.6 Å². The van der Waals surface area contributed by atoms with Crippen molar-refractivity contribution in [3.05, 3.63) is 11.6 Å². The molecular weight excluding hydrogens is 122 g/mol. The molecule has 0 spiro atoms. The monoisotopic (exact) mass is 137 g/mol. The second-order valence-corrected chi connectivity index (χ2v) is 3.71. The molecule has 10 heavy (non-hydrogen) atoms. The van der Waals surface area contributed by atoms with E-state index in [2.05, 4.69) is 24.9 Å². The molecule has 56 valence electrons. The highest BCUT2D eigenvalue weighted by molar-refractivity contribution is 5.14. The molecule has 2 bridgehead atoms. The quantitative estimate of drug-likeness (QED) is 0.459. The van der Waals surface area contributed by atoms with Crippen molar-refractivity contribution in [1.29, 1.82) is 0 Å². The van der Waals surface area contributed by atoms with Gasteiger partial charge in [-0.1, -0.05) is 11.6 Å². The van der Waals surface area contributed by atoms with E-state index in [9.17, 15) is 0 Å². The molecule has 1 fully saturated rings. The van der Waals surface area contributed by atoms with Gasteiger partial charge in [0.25, 0.3) is 0 Å². The van der Waals surface area contributed by atoms with Crippen LogP contribution in [0.25, 0.3) is 0 Å². The summed E-state index contributed by atoms with van der Waals surface area (Å²) in [7, 11) is 2.25. The third-order valence-corrected chi connectivity index (χ3v) is 3.04. The summed E-state index contributed by atoms with van der Waals surface area (Å²) >= 11 is 0. The Morgan fingerprint density at radius 3 is 3.10 bits per heavy atom. The highest BCUT2D eigenvalue weighted by Crippen LogP contribution is 2.33. The van der Waals surface area contributed by atoms with E-state index < -0.39 is 0 Å². The van der Waals surface area contributed by atoms with E-state index in [0.717, 1.165) is 12.0 Å². The highest BCUT2D eigenvalue weighted by Gasteiger charge is 2.32. The predicted molar refractivity (Wildman–Crippen MR) is 42.9 cm³/mol. The Morgan fingerprint density at radius 1 is 1.60 bits per heavy atom. The molecule has 1 nitrogen and oxygen atoms in total. The van der Waals surface area contributed by atoms with Crippen LogP contribution in [0.2, 0.25) is 0 Å². The summed E-state index contributed by atoms with van der Waals surface area (Å²) in [6.07, 6.45) is 5.12. The first-order valence-electron chi connectivity index (χ1n) is 4.14. The summed E-state index contributed by atoms with van der Waals surface area (Å²) in [5.41, 5.74) is 1.63. The molecule has 1 heterocycles. The van der Waals surface area contributed by atoms with E-state index in [1.54, 1.807) is 5.57 Å². The van der Waals surface area contributed by atoms with Crippen molar-refractivity contribution in [3.63, 3.8) is 0 Å². The Labute approximate surface area is 62.7 Å². The Kier molecular flexibility index (Phi) is 1.34. The Morgan fingerprint density at radius 2 is 2.40 bits per heavy atom. The summed E-state index contributed by atoms with van der Waals surface area (Å²) in [5.74, 6) is 0.892. The summed E-state index contributed by atoms with van der Waals surface area (Å²) < 4.78 is 0. The molecule has 2 atom stereocenters. The minimum absolute atomic E-state index is 0.869. The Hall–Kier alpha value is -0.300. The molecule has 2 rings (SSSR count). The first kappa shape index (κ1) is 6.41. The fraction of sp³-hybridized carbons (Fsp3) is 0.778. The normalized spacial score (nSPS) is 40.0. The van der Waals surface area contributed by atoms with Crippen molar-refractivity contribution in [2.24, 2.45) is 5.92 Å². The van der Waals surface area contributed by atoms with E-state index in [-0.39, 0.29) is 0 Å². The smallest absolute Gasteiger partial charge is 0.0133 e. The molecule has 0 saturated carbocycles. The minimum Gasteiger partial charge on any atom is -0.302 e. The molecule has 0 radical (unpaired) electrons. The van der Waals surface area contributed by atoms with Crippen LogP contribution in [0, 0.1) is 5.92 Å². The zero-order valence-electron chi connectivity index (χ0n) is 6.80. The van der Waals surface area contributed by atoms with Crippen LogP contribution < -0.4 is 0 Å². The molecule has 0 aromatic rings. The fourth-order valence-electron chi connectivity index (χ4n) is 2.17. The van der Waals surface area contributed by atoms with Gasteiger partial charge in [0.1, 0.15) is 0 Å². The molecule has 0 N–H and O–H groups in total. The maximum absolute atomic E-state index is 2.50. The van der Waals surface area contributed by atoms with Crippen molar-refractivity contribution in [1.82, 2.24) is 4.90 Å². The van der Waals surface area contributed by atoms with E-state index >= 15 is 0 Å². The average molecular weight is 137 g/mol. The topological polar surface area (TPSA) is 3.24 Å². The van der Waals surface area contributed by atoms with Gasteiger partial charge in [0, 0.05) is 12.6 Å². The third kappa shape index (κ3) is 0.807. The van der Waals surface area contributed by atoms with Crippen molar-refractivity contribution in [3.8, 4) is 0 Å². The number of likely N-dealkylation sites (tertiary alicyclic amines) is 1. The second kappa shape index (κ2) is 2.09. The van der Waals surface area contributed by atoms with Crippen LogP contribution in [0.5, 0.6) is 0 Å². The van der Waals surface area contributed by atoms with Crippen LogP contribution in [0.4, 0.5) is 0 Å². The third-order valence-electron chi connectivity index (χ3n) is 3.04. The van der Waals surface area contributed by atoms with Crippen LogP contribution >= 0.6 is 0 Å². The van der Waals surface area contributed by atoms with Gasteiger partial charge in [-0.2, -0.15) is 0 Å². The predicted octanol–water partition coefficient (Wildman–Crippen LogP) is 1.66. The maximum Gasteiger partial charge on any atom is 0.0133 e. The lowest BCUT2D eigenvalue weighted by Crippen LogP contribution is -2.23. The number of hydrogen-bond acceptors (Lipinski definition) is 1. The molecule has 1 saturated heterocycles. The van der Waals surface area contributed by atoms with Gasteiger partial charge in [0.15, 0.2) is 0 Å². The number of rotatable bonds is 0. The summed E-state index contributed by atoms with van der Waals surface area (Å²) in [5, 5.41) is 0. The number of nitrogens with zero attached hydrogens (tertiary/aromatic N) is 1. The van der Waals surface area contributed by atoms with Gasteiger partial charge in [-0.3, -0.25) is 0 Å². The number of hydrogen-bond donors (Lipinski definition) is 0. The Bertz CT molecular complexity index is 170. The second-order valence-electron chi connectivity index (χ2n) is 3.71. The Balaban J connectivity index is 2.20. The highest BCUT2D eigenvalue weighted by atomic mass is 15.2. The SMILES string of the molecule is CC1=CCC2CC1CN2C. The van der Waals surface area contributed by atoms with Gasteiger partial charge < -0.3 is 4.90 Å². The van der Waals surface area contributed by atoms with Gasteiger partial charge in [0.05, 0.1) is 0 Å². The van der Waals surface area contributed by atoms with Gasteiger partial charge in [-0.15, -0.1) is 0 Å². The summed E-state index contributed by atoms with van der Waals surface area (Å²) in [6, 6.07) is 0.869. The van der Waals surface area contributed by atoms with Crippen molar-refractivity contribution < 1.29 is 0 Å². The summed E-state index contributed by atoms with van der Waals surface area (Å²) in [6.45, 7) is 3.58. The lowest BCUT2D eigenvalue weighted by atomic mass is 9.90. The molecule has 1 aliphatic carbocycles. The van der Waals surface area contributed by atoms with Crippen molar-refractivity contribution in [2.45, 2.75) is 25.8 Å². The van der Waals surface area contributed by atoms with Crippen LogP contribution in [0.3, 0.4) is 0 Å². The molecule has 0 aromatic carbocycles. The van der Waals surface area contributed by atoms with Crippen LogP contribution in [-0.4, -0.2) is 24.5 Å². The molecule has 0 amide bonds. The molecule has 0 aromatic heterocycles. The van der Waals surface area contributed by atoms with Gasteiger partial charge in [-0.05, 0) is 32.7 Å². The maximum atomic E-state index is 2.50. The number of fused-ring (bicyclic) bond motifs is 2. The van der Waals surface area contributed by atoms with Crippen molar-refractivity contribution in [2.75, 3.05) is 13.6 Å². The largest absolute Gasteiger partial charge is 0.302 e. The van der Waals surface area contributed by atoms with E-state index in [4.69, 9.17) is 0 Å². The molecule has 2 unspecified atom stereocenters. The lowest BCUT2D eigenvalue weighted by Gasteiger charge is -2.18. The first-order chi connectivity index (χ1) is 4.77. The summed E-state index contributed by atoms with van der Waals surface area (Å²) in [4.78, 5) is 2.50. The van der Waals surface area contributed by atoms with Crippen LogP contribution in [-0.2, 0) is 0 Å². The van der Waals surface area contributed by atoms with E-state index in [0.29, 0.717) is 0 Å². The van der Waals surface area contributed by atoms with Crippen molar-refractivity contribution >= 4 is 0 Å². The molecule has 1 aliphatic heterocycles. The lowest BCUT2D eigenvalue weighted by molar-refractivity contribution is 0.314. The zero-order valence-corrected chi connectivity index (χ0v) is 6.80. The van der Waals surface area contributed by atoms with Gasteiger partial charge >= 0.3 is 0 Å². The molecular formula is C9H15N. The van der Waals surface area contributed by atoms with E-state index in [1.807, 2.05) is 0 Å². The van der Waals surface area contributed by atoms with Gasteiger partial charge in [-0.25, -0.2) is 0 Å². The first-order valence-corrected chi connectivity index (χ1v) is 4.14. The standard InChI is InChI=1S/C9H15N/c1-7-3-4-9-5-8(7)6-10(9)2/h3,8-9H,4-6H2,1-2H3. The fourth-order valence-corrected chi connectivity index (χ4v) is 2.17. The van der Waals surface area contributed by atoms with Crippen LogP contribution in [0.1, 0.15) is 19.8 Å². The van der Waals surface area contributed by atoms with E-state index in [1.165, 1.54) is 19.4 Å². The van der Waals surface area contributed by atoms with Gasteiger partial charge in [0.2, 0.25) is 0 Å². The molecule has 1 heteroatoms.